The molecule has 1 aromatic heterocycles. The van der Waals surface area contributed by atoms with Crippen molar-refractivity contribution in [3.05, 3.63) is 59.9 Å². The predicted molar refractivity (Wildman–Crippen MR) is 71.8 cm³/mol. The van der Waals surface area contributed by atoms with E-state index in [9.17, 15) is 4.79 Å². The van der Waals surface area contributed by atoms with Crippen LogP contribution in [0.1, 0.15) is 17.3 Å². The fourth-order valence-electron chi connectivity index (χ4n) is 1.84. The molecule has 0 saturated carbocycles. The van der Waals surface area contributed by atoms with Gasteiger partial charge < -0.3 is 4.74 Å². The quantitative estimate of drug-likeness (QED) is 0.609. The molecule has 0 aliphatic heterocycles. The molecule has 96 valence electrons. The number of nitrogens with zero attached hydrogens (tertiary/aromatic N) is 2. The minimum atomic E-state index is -0.265. The van der Waals surface area contributed by atoms with Gasteiger partial charge in [-0.3, -0.25) is 4.98 Å². The molecule has 4 nitrogen and oxygen atoms in total. The number of aromatic nitrogens is 1. The first-order chi connectivity index (χ1) is 9.33. The van der Waals surface area contributed by atoms with Crippen molar-refractivity contribution in [2.45, 2.75) is 12.5 Å². The molecule has 0 aliphatic rings. The molecule has 1 unspecified atom stereocenters. The first-order valence-electron chi connectivity index (χ1n) is 5.94. The molecular weight excluding hydrogens is 240 g/mol. The lowest BCUT2D eigenvalue weighted by atomic mass is 10.0. The summed E-state index contributed by atoms with van der Waals surface area (Å²) in [7, 11) is 1.62. The average Bonchev–Trinajstić information content (AvgIpc) is 2.48. The third-order valence-electron chi connectivity index (χ3n) is 2.84. The SMILES string of the molecule is COc1ccc(C(Cc2ccccn2)N=C=O)cc1. The van der Waals surface area contributed by atoms with Crippen molar-refractivity contribution in [1.82, 2.24) is 4.98 Å². The van der Waals surface area contributed by atoms with E-state index in [0.29, 0.717) is 6.42 Å². The van der Waals surface area contributed by atoms with Crippen LogP contribution in [0.4, 0.5) is 0 Å². The van der Waals surface area contributed by atoms with E-state index in [-0.39, 0.29) is 6.04 Å². The molecule has 0 amide bonds. The van der Waals surface area contributed by atoms with Gasteiger partial charge in [-0.25, -0.2) is 4.79 Å². The van der Waals surface area contributed by atoms with Crippen LogP contribution in [0.25, 0.3) is 0 Å². The van der Waals surface area contributed by atoms with Crippen LogP contribution < -0.4 is 4.74 Å². The third kappa shape index (κ3) is 3.50. The van der Waals surface area contributed by atoms with Gasteiger partial charge in [0, 0.05) is 18.3 Å². The van der Waals surface area contributed by atoms with Gasteiger partial charge in [-0.05, 0) is 29.8 Å². The number of hydrogen-bond donors (Lipinski definition) is 0. The Balaban J connectivity index is 2.21. The van der Waals surface area contributed by atoms with Crippen LogP contribution in [0.15, 0.2) is 53.7 Å². The number of benzene rings is 1. The molecule has 0 spiro atoms. The lowest BCUT2D eigenvalue weighted by molar-refractivity contribution is 0.414. The van der Waals surface area contributed by atoms with Gasteiger partial charge in [0.25, 0.3) is 0 Å². The van der Waals surface area contributed by atoms with Crippen LogP contribution in [0, 0.1) is 0 Å². The molecule has 0 bridgehead atoms. The highest BCUT2D eigenvalue weighted by atomic mass is 16.5. The van der Waals surface area contributed by atoms with Crippen molar-refractivity contribution < 1.29 is 9.53 Å². The van der Waals surface area contributed by atoms with Gasteiger partial charge in [0.05, 0.1) is 13.2 Å². The summed E-state index contributed by atoms with van der Waals surface area (Å²) in [6.45, 7) is 0. The highest BCUT2D eigenvalue weighted by molar-refractivity contribution is 5.37. The Labute approximate surface area is 111 Å². The van der Waals surface area contributed by atoms with E-state index in [1.807, 2.05) is 42.5 Å². The summed E-state index contributed by atoms with van der Waals surface area (Å²) in [5.74, 6) is 0.774. The van der Waals surface area contributed by atoms with Crippen LogP contribution in [-0.2, 0) is 11.2 Å². The molecule has 0 N–H and O–H groups in total. The summed E-state index contributed by atoms with van der Waals surface area (Å²) in [5.41, 5.74) is 1.83. The highest BCUT2D eigenvalue weighted by Gasteiger charge is 2.12. The minimum Gasteiger partial charge on any atom is -0.497 e. The second kappa shape index (κ2) is 6.47. The molecule has 2 aromatic rings. The molecule has 1 atom stereocenters. The molecule has 4 heteroatoms. The summed E-state index contributed by atoms with van der Waals surface area (Å²) in [5, 5.41) is 0. The van der Waals surface area contributed by atoms with Crippen LogP contribution in [0.5, 0.6) is 5.75 Å². The van der Waals surface area contributed by atoms with E-state index in [1.54, 1.807) is 19.4 Å². The molecule has 0 fully saturated rings. The Bertz CT molecular complexity index is 560. The van der Waals surface area contributed by atoms with Crippen LogP contribution >= 0.6 is 0 Å². The van der Waals surface area contributed by atoms with Gasteiger partial charge in [-0.2, -0.15) is 4.99 Å². The molecular formula is C15H14N2O2. The van der Waals surface area contributed by atoms with Crippen molar-refractivity contribution in [2.24, 2.45) is 4.99 Å². The number of aliphatic imine (C=N–C) groups is 1. The summed E-state index contributed by atoms with van der Waals surface area (Å²) in [6, 6.07) is 12.9. The second-order valence-corrected chi connectivity index (χ2v) is 4.03. The Morgan fingerprint density at radius 2 is 2.05 bits per heavy atom. The van der Waals surface area contributed by atoms with E-state index in [2.05, 4.69) is 9.98 Å². The third-order valence-corrected chi connectivity index (χ3v) is 2.84. The fourth-order valence-corrected chi connectivity index (χ4v) is 1.84. The van der Waals surface area contributed by atoms with Crippen molar-refractivity contribution in [1.29, 1.82) is 0 Å². The monoisotopic (exact) mass is 254 g/mol. The van der Waals surface area contributed by atoms with Crippen molar-refractivity contribution >= 4 is 6.08 Å². The normalized spacial score (nSPS) is 11.4. The summed E-state index contributed by atoms with van der Waals surface area (Å²) >= 11 is 0. The molecule has 1 heterocycles. The maximum atomic E-state index is 10.6. The first kappa shape index (κ1) is 13.0. The van der Waals surface area contributed by atoms with Gasteiger partial charge in [-0.1, -0.05) is 18.2 Å². The first-order valence-corrected chi connectivity index (χ1v) is 5.94. The number of carbonyl (C=O) groups excluding carboxylic acids is 1. The van der Waals surface area contributed by atoms with E-state index >= 15 is 0 Å². The van der Waals surface area contributed by atoms with Crippen molar-refractivity contribution in [3.63, 3.8) is 0 Å². The van der Waals surface area contributed by atoms with Gasteiger partial charge in [0.2, 0.25) is 6.08 Å². The van der Waals surface area contributed by atoms with Crippen LogP contribution in [0.3, 0.4) is 0 Å². The summed E-state index contributed by atoms with van der Waals surface area (Å²) in [6.07, 6.45) is 3.93. The Morgan fingerprint density at radius 1 is 1.26 bits per heavy atom. The molecule has 2 rings (SSSR count). The number of ether oxygens (including phenoxy) is 1. The van der Waals surface area contributed by atoms with E-state index in [0.717, 1.165) is 17.0 Å². The standard InChI is InChI=1S/C15H14N2O2/c1-19-14-7-5-12(6-8-14)15(17-11-18)10-13-4-2-3-9-16-13/h2-9,15H,10H2,1H3. The van der Waals surface area contributed by atoms with Crippen molar-refractivity contribution in [2.75, 3.05) is 7.11 Å². The van der Waals surface area contributed by atoms with E-state index in [1.165, 1.54) is 0 Å². The molecule has 19 heavy (non-hydrogen) atoms. The van der Waals surface area contributed by atoms with Crippen molar-refractivity contribution in [3.8, 4) is 5.75 Å². The number of pyridine rings is 1. The molecule has 0 aliphatic carbocycles. The van der Waals surface area contributed by atoms with E-state index < -0.39 is 0 Å². The smallest absolute Gasteiger partial charge is 0.235 e. The number of hydrogen-bond acceptors (Lipinski definition) is 4. The maximum absolute atomic E-state index is 10.6. The second-order valence-electron chi connectivity index (χ2n) is 4.03. The van der Waals surface area contributed by atoms with Gasteiger partial charge in [0.15, 0.2) is 0 Å². The predicted octanol–water partition coefficient (Wildman–Crippen LogP) is 2.71. The average molecular weight is 254 g/mol. The number of methoxy groups -OCH3 is 1. The van der Waals surface area contributed by atoms with Crippen LogP contribution in [-0.4, -0.2) is 18.2 Å². The highest BCUT2D eigenvalue weighted by Crippen LogP contribution is 2.23. The Hall–Kier alpha value is -2.45. The van der Waals surface area contributed by atoms with E-state index in [4.69, 9.17) is 4.74 Å². The maximum Gasteiger partial charge on any atom is 0.235 e. The summed E-state index contributed by atoms with van der Waals surface area (Å²) in [4.78, 5) is 18.7. The topological polar surface area (TPSA) is 51.6 Å². The number of rotatable bonds is 5. The molecule has 0 radical (unpaired) electrons. The lowest BCUT2D eigenvalue weighted by Crippen LogP contribution is -2.01. The van der Waals surface area contributed by atoms with Gasteiger partial charge in [-0.15, -0.1) is 0 Å². The van der Waals surface area contributed by atoms with Gasteiger partial charge in [0.1, 0.15) is 5.75 Å². The molecule has 1 aromatic carbocycles. The molecule has 0 saturated heterocycles. The zero-order valence-electron chi connectivity index (χ0n) is 10.6. The number of isocyanates is 1. The van der Waals surface area contributed by atoms with Crippen LogP contribution in [0.2, 0.25) is 0 Å². The fraction of sp³-hybridized carbons (Fsp3) is 0.200. The lowest BCUT2D eigenvalue weighted by Gasteiger charge is -2.11. The zero-order chi connectivity index (χ0) is 13.5. The Kier molecular flexibility index (Phi) is 4.43. The zero-order valence-corrected chi connectivity index (χ0v) is 10.6. The largest absolute Gasteiger partial charge is 0.497 e. The summed E-state index contributed by atoms with van der Waals surface area (Å²) < 4.78 is 5.11. The Morgan fingerprint density at radius 3 is 2.63 bits per heavy atom. The minimum absolute atomic E-state index is 0.265. The van der Waals surface area contributed by atoms with Gasteiger partial charge >= 0.3 is 0 Å².